The lowest BCUT2D eigenvalue weighted by molar-refractivity contribution is -0.139. The molecule has 29 heavy (non-hydrogen) atoms. The van der Waals surface area contributed by atoms with Crippen molar-refractivity contribution in [1.82, 2.24) is 20.2 Å². The van der Waals surface area contributed by atoms with Gasteiger partial charge in [-0.25, -0.2) is 4.98 Å². The number of fused-ring (bicyclic) bond motifs is 1. The van der Waals surface area contributed by atoms with Crippen LogP contribution in [0.4, 0.5) is 0 Å². The van der Waals surface area contributed by atoms with Gasteiger partial charge >= 0.3 is 0 Å². The molecule has 0 radical (unpaired) electrons. The zero-order valence-electron chi connectivity index (χ0n) is 16.6. The molecule has 1 aliphatic rings. The van der Waals surface area contributed by atoms with Crippen LogP contribution in [0.2, 0.25) is 0 Å². The van der Waals surface area contributed by atoms with Crippen LogP contribution in [0.3, 0.4) is 0 Å². The van der Waals surface area contributed by atoms with Gasteiger partial charge in [0.2, 0.25) is 11.8 Å². The number of nitrogens with zero attached hydrogens (tertiary/aromatic N) is 2. The molecule has 1 atom stereocenters. The normalized spacial score (nSPS) is 16.9. The minimum absolute atomic E-state index is 0.00724. The molecule has 2 N–H and O–H groups in total. The molecule has 2 heterocycles. The molecule has 6 heteroatoms. The molecule has 0 bridgehead atoms. The van der Waals surface area contributed by atoms with Gasteiger partial charge in [0.25, 0.3) is 0 Å². The van der Waals surface area contributed by atoms with E-state index in [9.17, 15) is 9.59 Å². The van der Waals surface area contributed by atoms with Crippen LogP contribution >= 0.6 is 0 Å². The summed E-state index contributed by atoms with van der Waals surface area (Å²) in [4.78, 5) is 34.9. The third-order valence-electron chi connectivity index (χ3n) is 5.43. The monoisotopic (exact) mass is 390 g/mol. The standard InChI is InChI=1S/C23H26N4O2/c1-16-7-5-10-18-22(16)26-20(24-18)12-13-21(28)25-19-11-6-14-27(23(19)29)15-17-8-3-2-4-9-17/h2-5,7-10,19H,6,11-15H2,1H3,(H,24,26)(H,25,28). The molecular formula is C23H26N4O2. The largest absolute Gasteiger partial charge is 0.344 e. The van der Waals surface area contributed by atoms with Crippen LogP contribution in [0.25, 0.3) is 11.0 Å². The van der Waals surface area contributed by atoms with Crippen molar-refractivity contribution in [3.05, 3.63) is 65.5 Å². The molecule has 2 amide bonds. The first-order valence-electron chi connectivity index (χ1n) is 10.2. The number of hydrogen-bond acceptors (Lipinski definition) is 3. The van der Waals surface area contributed by atoms with Gasteiger partial charge in [0.1, 0.15) is 11.9 Å². The first-order chi connectivity index (χ1) is 14.1. The van der Waals surface area contributed by atoms with Crippen molar-refractivity contribution < 1.29 is 9.59 Å². The second-order valence-corrected chi connectivity index (χ2v) is 7.66. The Morgan fingerprint density at radius 2 is 2.03 bits per heavy atom. The fraction of sp³-hybridized carbons (Fsp3) is 0.348. The number of hydrogen-bond donors (Lipinski definition) is 2. The highest BCUT2D eigenvalue weighted by Gasteiger charge is 2.29. The Morgan fingerprint density at radius 3 is 2.83 bits per heavy atom. The third-order valence-corrected chi connectivity index (χ3v) is 5.43. The van der Waals surface area contributed by atoms with Gasteiger partial charge in [-0.3, -0.25) is 9.59 Å². The van der Waals surface area contributed by atoms with E-state index in [1.807, 2.05) is 60.4 Å². The van der Waals surface area contributed by atoms with Crippen molar-refractivity contribution in [1.29, 1.82) is 0 Å². The number of para-hydroxylation sites is 1. The number of aryl methyl sites for hydroxylation is 2. The lowest BCUT2D eigenvalue weighted by atomic mass is 10.0. The number of H-pyrrole nitrogens is 1. The summed E-state index contributed by atoms with van der Waals surface area (Å²) in [6.07, 6.45) is 2.42. The molecule has 1 aromatic heterocycles. The van der Waals surface area contributed by atoms with Crippen molar-refractivity contribution >= 4 is 22.8 Å². The topological polar surface area (TPSA) is 78.1 Å². The van der Waals surface area contributed by atoms with Gasteiger partial charge in [-0.1, -0.05) is 42.5 Å². The van der Waals surface area contributed by atoms with E-state index in [4.69, 9.17) is 0 Å². The summed E-state index contributed by atoms with van der Waals surface area (Å²) in [5.74, 6) is 0.694. The summed E-state index contributed by atoms with van der Waals surface area (Å²) in [5, 5.41) is 2.93. The van der Waals surface area contributed by atoms with E-state index in [1.165, 1.54) is 0 Å². The maximum absolute atomic E-state index is 12.8. The van der Waals surface area contributed by atoms with E-state index in [0.29, 0.717) is 25.8 Å². The first kappa shape index (κ1) is 19.2. The highest BCUT2D eigenvalue weighted by Crippen LogP contribution is 2.17. The zero-order chi connectivity index (χ0) is 20.2. The Bertz CT molecular complexity index is 1010. The molecule has 4 rings (SSSR count). The number of piperidine rings is 1. The maximum atomic E-state index is 12.8. The van der Waals surface area contributed by atoms with Crippen LogP contribution in [0.15, 0.2) is 48.5 Å². The highest BCUT2D eigenvalue weighted by atomic mass is 16.2. The van der Waals surface area contributed by atoms with E-state index in [-0.39, 0.29) is 11.8 Å². The first-order valence-corrected chi connectivity index (χ1v) is 10.2. The van der Waals surface area contributed by atoms with Gasteiger partial charge in [0.05, 0.1) is 11.0 Å². The molecule has 0 aliphatic carbocycles. The zero-order valence-corrected chi connectivity index (χ0v) is 16.6. The van der Waals surface area contributed by atoms with Crippen molar-refractivity contribution in [2.24, 2.45) is 0 Å². The molecule has 0 spiro atoms. The Labute approximate surface area is 170 Å². The third kappa shape index (κ3) is 4.47. The Kier molecular flexibility index (Phi) is 5.60. The molecule has 0 saturated carbocycles. The summed E-state index contributed by atoms with van der Waals surface area (Å²) in [6.45, 7) is 3.35. The average molecular weight is 390 g/mol. The minimum atomic E-state index is -0.433. The number of aromatic amines is 1. The highest BCUT2D eigenvalue weighted by molar-refractivity contribution is 5.88. The van der Waals surface area contributed by atoms with Crippen LogP contribution in [0.1, 0.15) is 36.2 Å². The number of likely N-dealkylation sites (tertiary alicyclic amines) is 1. The number of carbonyl (C=O) groups excluding carboxylic acids is 2. The molecule has 1 fully saturated rings. The lowest BCUT2D eigenvalue weighted by Gasteiger charge is -2.32. The second-order valence-electron chi connectivity index (χ2n) is 7.66. The number of nitrogens with one attached hydrogen (secondary N) is 2. The van der Waals surface area contributed by atoms with Gasteiger partial charge in [0, 0.05) is 25.9 Å². The molecule has 1 unspecified atom stereocenters. The summed E-state index contributed by atoms with van der Waals surface area (Å²) >= 11 is 0. The molecule has 3 aromatic rings. The van der Waals surface area contributed by atoms with Gasteiger partial charge in [-0.05, 0) is 37.0 Å². The molecule has 1 aliphatic heterocycles. The summed E-state index contributed by atoms with van der Waals surface area (Å²) in [5.41, 5.74) is 4.15. The Balaban J connectivity index is 1.32. The molecule has 2 aromatic carbocycles. The van der Waals surface area contributed by atoms with E-state index in [2.05, 4.69) is 15.3 Å². The fourth-order valence-corrected chi connectivity index (χ4v) is 3.88. The Hall–Kier alpha value is -3.15. The van der Waals surface area contributed by atoms with Crippen molar-refractivity contribution in [3.8, 4) is 0 Å². The second kappa shape index (κ2) is 8.47. The van der Waals surface area contributed by atoms with Crippen LogP contribution in [0, 0.1) is 6.92 Å². The summed E-state index contributed by atoms with van der Waals surface area (Å²) in [7, 11) is 0. The molecule has 150 valence electrons. The van der Waals surface area contributed by atoms with Crippen LogP contribution in [-0.2, 0) is 22.6 Å². The predicted octanol–water partition coefficient (Wildman–Crippen LogP) is 3.11. The van der Waals surface area contributed by atoms with E-state index >= 15 is 0 Å². The Morgan fingerprint density at radius 1 is 1.21 bits per heavy atom. The van der Waals surface area contributed by atoms with Gasteiger partial charge < -0.3 is 15.2 Å². The number of carbonyl (C=O) groups is 2. The number of benzene rings is 2. The average Bonchev–Trinajstić information content (AvgIpc) is 3.15. The van der Waals surface area contributed by atoms with E-state index in [1.54, 1.807) is 0 Å². The summed E-state index contributed by atoms with van der Waals surface area (Å²) in [6, 6.07) is 15.5. The number of amides is 2. The molecular weight excluding hydrogens is 364 g/mol. The molecule has 1 saturated heterocycles. The number of imidazole rings is 1. The van der Waals surface area contributed by atoms with Gasteiger partial charge in [0.15, 0.2) is 0 Å². The summed E-state index contributed by atoms with van der Waals surface area (Å²) < 4.78 is 0. The fourth-order valence-electron chi connectivity index (χ4n) is 3.88. The van der Waals surface area contributed by atoms with Crippen LogP contribution in [0.5, 0.6) is 0 Å². The number of rotatable bonds is 6. The van der Waals surface area contributed by atoms with Crippen LogP contribution in [-0.4, -0.2) is 39.3 Å². The van der Waals surface area contributed by atoms with Crippen molar-refractivity contribution in [2.45, 2.75) is 45.2 Å². The quantitative estimate of drug-likeness (QED) is 0.679. The lowest BCUT2D eigenvalue weighted by Crippen LogP contribution is -2.51. The van der Waals surface area contributed by atoms with Crippen LogP contribution < -0.4 is 5.32 Å². The minimum Gasteiger partial charge on any atom is -0.344 e. The molecule has 6 nitrogen and oxygen atoms in total. The smallest absolute Gasteiger partial charge is 0.245 e. The van der Waals surface area contributed by atoms with E-state index in [0.717, 1.165) is 41.0 Å². The SMILES string of the molecule is Cc1cccc2[nH]c(CCC(=O)NC3CCCN(Cc4ccccc4)C3=O)nc12. The van der Waals surface area contributed by atoms with E-state index < -0.39 is 6.04 Å². The van der Waals surface area contributed by atoms with Gasteiger partial charge in [-0.15, -0.1) is 0 Å². The van der Waals surface area contributed by atoms with Crippen molar-refractivity contribution in [3.63, 3.8) is 0 Å². The number of aromatic nitrogens is 2. The van der Waals surface area contributed by atoms with Crippen molar-refractivity contribution in [2.75, 3.05) is 6.54 Å². The predicted molar refractivity (Wildman–Crippen MR) is 112 cm³/mol. The maximum Gasteiger partial charge on any atom is 0.245 e. The van der Waals surface area contributed by atoms with Gasteiger partial charge in [-0.2, -0.15) is 0 Å².